The topological polar surface area (TPSA) is 49.3 Å². The molecule has 2 rings (SSSR count). The van der Waals surface area contributed by atoms with Gasteiger partial charge in [-0.3, -0.25) is 0 Å². The van der Waals surface area contributed by atoms with Gasteiger partial charge in [0.25, 0.3) is 0 Å². The van der Waals surface area contributed by atoms with Crippen LogP contribution in [-0.4, -0.2) is 39.8 Å². The van der Waals surface area contributed by atoms with Gasteiger partial charge in [0, 0.05) is 6.61 Å². The molecule has 0 aromatic heterocycles. The van der Waals surface area contributed by atoms with Gasteiger partial charge >= 0.3 is 0 Å². The summed E-state index contributed by atoms with van der Waals surface area (Å²) in [7, 11) is 1.54. The van der Waals surface area contributed by atoms with Crippen LogP contribution in [0.15, 0.2) is 29.4 Å². The van der Waals surface area contributed by atoms with E-state index in [0.29, 0.717) is 25.0 Å². The predicted molar refractivity (Wildman–Crippen MR) is 113 cm³/mol. The SMILES string of the molecule is C/C=C/COc1cc(C)c(OCC2CCC(COC/C=N\OC)CC2)c(C)c1. The molecule has 156 valence electrons. The predicted octanol–water partition coefficient (Wildman–Crippen LogP) is 5.09. The molecule has 0 amide bonds. The van der Waals surface area contributed by atoms with E-state index in [-0.39, 0.29) is 0 Å². The molecule has 0 atom stereocenters. The molecule has 0 saturated heterocycles. The first-order valence-electron chi connectivity index (χ1n) is 10.2. The molecule has 1 aromatic carbocycles. The molecule has 1 aliphatic rings. The van der Waals surface area contributed by atoms with Gasteiger partial charge in [-0.2, -0.15) is 0 Å². The zero-order chi connectivity index (χ0) is 20.2. The molecular weight excluding hydrogens is 354 g/mol. The maximum absolute atomic E-state index is 6.22. The van der Waals surface area contributed by atoms with Crippen LogP contribution in [0.1, 0.15) is 43.7 Å². The van der Waals surface area contributed by atoms with E-state index < -0.39 is 0 Å². The minimum absolute atomic E-state index is 0.518. The van der Waals surface area contributed by atoms with Gasteiger partial charge in [0.15, 0.2) is 0 Å². The normalized spacial score (nSPS) is 20.0. The Labute approximate surface area is 169 Å². The van der Waals surface area contributed by atoms with E-state index in [4.69, 9.17) is 14.2 Å². The van der Waals surface area contributed by atoms with E-state index in [0.717, 1.165) is 35.8 Å². The molecule has 1 aromatic rings. The van der Waals surface area contributed by atoms with Crippen molar-refractivity contribution in [1.82, 2.24) is 0 Å². The molecule has 0 unspecified atom stereocenters. The van der Waals surface area contributed by atoms with E-state index in [1.807, 2.05) is 19.1 Å². The zero-order valence-corrected chi connectivity index (χ0v) is 17.8. The van der Waals surface area contributed by atoms with Gasteiger partial charge in [0.05, 0.1) is 19.4 Å². The fourth-order valence-electron chi connectivity index (χ4n) is 3.62. The first-order chi connectivity index (χ1) is 13.6. The summed E-state index contributed by atoms with van der Waals surface area (Å²) in [5, 5.41) is 3.68. The molecule has 0 radical (unpaired) electrons. The maximum Gasteiger partial charge on any atom is 0.125 e. The molecular formula is C23H35NO4. The second-order valence-corrected chi connectivity index (χ2v) is 7.47. The smallest absolute Gasteiger partial charge is 0.125 e. The first kappa shape index (κ1) is 22.3. The lowest BCUT2D eigenvalue weighted by Gasteiger charge is -2.28. The number of allylic oxidation sites excluding steroid dienone is 1. The minimum Gasteiger partial charge on any atom is -0.493 e. The van der Waals surface area contributed by atoms with E-state index in [1.165, 1.54) is 32.8 Å². The van der Waals surface area contributed by atoms with Gasteiger partial charge in [-0.1, -0.05) is 17.3 Å². The van der Waals surface area contributed by atoms with Gasteiger partial charge in [-0.15, -0.1) is 0 Å². The van der Waals surface area contributed by atoms with Crippen molar-refractivity contribution in [2.45, 2.75) is 46.5 Å². The highest BCUT2D eigenvalue weighted by Gasteiger charge is 2.22. The third-order valence-corrected chi connectivity index (χ3v) is 5.17. The van der Waals surface area contributed by atoms with Crippen molar-refractivity contribution in [2.24, 2.45) is 17.0 Å². The largest absolute Gasteiger partial charge is 0.493 e. The van der Waals surface area contributed by atoms with Crippen molar-refractivity contribution >= 4 is 6.21 Å². The molecule has 5 nitrogen and oxygen atoms in total. The van der Waals surface area contributed by atoms with Crippen LogP contribution < -0.4 is 9.47 Å². The number of ether oxygens (including phenoxy) is 3. The summed E-state index contributed by atoms with van der Waals surface area (Å²) in [6, 6.07) is 4.12. The van der Waals surface area contributed by atoms with Crippen molar-refractivity contribution in [3.05, 3.63) is 35.4 Å². The molecule has 0 N–H and O–H groups in total. The van der Waals surface area contributed by atoms with E-state index >= 15 is 0 Å². The highest BCUT2D eigenvalue weighted by atomic mass is 16.6. The standard InChI is InChI=1S/C23H35NO4/c1-5-6-12-27-22-14-18(2)23(19(3)15-22)28-17-21-9-7-20(8-10-21)16-26-13-11-24-25-4/h5-6,11,14-15,20-21H,7-10,12-13,16-17H2,1-4H3/b6-5+,24-11-. The van der Waals surface area contributed by atoms with Crippen molar-refractivity contribution < 1.29 is 19.0 Å². The molecule has 28 heavy (non-hydrogen) atoms. The molecule has 1 saturated carbocycles. The van der Waals surface area contributed by atoms with Crippen LogP contribution in [0.5, 0.6) is 11.5 Å². The molecule has 0 aliphatic heterocycles. The molecule has 1 aliphatic carbocycles. The summed E-state index contributed by atoms with van der Waals surface area (Å²) in [6.45, 7) is 8.88. The summed E-state index contributed by atoms with van der Waals surface area (Å²) in [4.78, 5) is 4.62. The fraction of sp³-hybridized carbons (Fsp3) is 0.609. The average molecular weight is 390 g/mol. The fourth-order valence-corrected chi connectivity index (χ4v) is 3.62. The zero-order valence-electron chi connectivity index (χ0n) is 17.8. The summed E-state index contributed by atoms with van der Waals surface area (Å²) in [5.41, 5.74) is 2.27. The molecule has 1 fully saturated rings. The Hall–Kier alpha value is -2.01. The van der Waals surface area contributed by atoms with Crippen LogP contribution in [0.2, 0.25) is 0 Å². The summed E-state index contributed by atoms with van der Waals surface area (Å²) in [5.74, 6) is 3.16. The van der Waals surface area contributed by atoms with Crippen molar-refractivity contribution in [3.8, 4) is 11.5 Å². The molecule has 5 heteroatoms. The van der Waals surface area contributed by atoms with Gasteiger partial charge in [-0.25, -0.2) is 0 Å². The van der Waals surface area contributed by atoms with Crippen molar-refractivity contribution in [2.75, 3.05) is 33.5 Å². The second-order valence-electron chi connectivity index (χ2n) is 7.47. The van der Waals surface area contributed by atoms with Gasteiger partial charge in [0.2, 0.25) is 0 Å². The number of hydrogen-bond donors (Lipinski definition) is 0. The van der Waals surface area contributed by atoms with E-state index in [1.54, 1.807) is 6.21 Å². The number of nitrogens with zero attached hydrogens (tertiary/aromatic N) is 1. The van der Waals surface area contributed by atoms with E-state index in [9.17, 15) is 0 Å². The summed E-state index contributed by atoms with van der Waals surface area (Å²) >= 11 is 0. The highest BCUT2D eigenvalue weighted by Crippen LogP contribution is 2.32. The lowest BCUT2D eigenvalue weighted by atomic mass is 9.83. The Kier molecular flexibility index (Phi) is 9.91. The molecule has 0 spiro atoms. The van der Waals surface area contributed by atoms with Gasteiger partial charge < -0.3 is 19.0 Å². The Morgan fingerprint density at radius 2 is 1.61 bits per heavy atom. The lowest BCUT2D eigenvalue weighted by Crippen LogP contribution is -2.23. The third kappa shape index (κ3) is 7.55. The van der Waals surface area contributed by atoms with Crippen LogP contribution in [0.3, 0.4) is 0 Å². The summed E-state index contributed by atoms with van der Waals surface area (Å²) in [6.07, 6.45) is 10.4. The first-order valence-corrected chi connectivity index (χ1v) is 10.2. The second kappa shape index (κ2) is 12.4. The van der Waals surface area contributed by atoms with Crippen LogP contribution in [0, 0.1) is 25.7 Å². The minimum atomic E-state index is 0.518. The Morgan fingerprint density at radius 1 is 0.964 bits per heavy atom. The van der Waals surface area contributed by atoms with Crippen LogP contribution >= 0.6 is 0 Å². The van der Waals surface area contributed by atoms with Crippen molar-refractivity contribution in [1.29, 1.82) is 0 Å². The number of benzene rings is 1. The van der Waals surface area contributed by atoms with Gasteiger partial charge in [-0.05, 0) is 81.5 Å². The Morgan fingerprint density at radius 3 is 2.21 bits per heavy atom. The molecule has 0 bridgehead atoms. The number of oxime groups is 1. The van der Waals surface area contributed by atoms with Crippen LogP contribution in [-0.2, 0) is 9.57 Å². The van der Waals surface area contributed by atoms with Crippen LogP contribution in [0.25, 0.3) is 0 Å². The third-order valence-electron chi connectivity index (χ3n) is 5.17. The Balaban J connectivity index is 1.73. The number of hydrogen-bond acceptors (Lipinski definition) is 5. The van der Waals surface area contributed by atoms with Gasteiger partial charge in [0.1, 0.15) is 25.2 Å². The maximum atomic E-state index is 6.22. The summed E-state index contributed by atoms with van der Waals surface area (Å²) < 4.78 is 17.6. The van der Waals surface area contributed by atoms with Crippen molar-refractivity contribution in [3.63, 3.8) is 0 Å². The lowest BCUT2D eigenvalue weighted by molar-refractivity contribution is 0.0922. The van der Waals surface area contributed by atoms with Crippen LogP contribution in [0.4, 0.5) is 0 Å². The quantitative estimate of drug-likeness (QED) is 0.229. The number of aryl methyl sites for hydroxylation is 2. The average Bonchev–Trinajstić information content (AvgIpc) is 2.68. The molecule has 0 heterocycles. The highest BCUT2D eigenvalue weighted by molar-refractivity contribution is 5.57. The van der Waals surface area contributed by atoms with E-state index in [2.05, 4.69) is 36.0 Å². The Bertz CT molecular complexity index is 610. The number of rotatable bonds is 11. The monoisotopic (exact) mass is 389 g/mol.